The summed E-state index contributed by atoms with van der Waals surface area (Å²) in [5.74, 6) is -0.382. The number of rotatable bonds is 16. The third-order valence-corrected chi connectivity index (χ3v) is 7.08. The number of aryl methyl sites for hydroxylation is 1. The second-order valence-corrected chi connectivity index (χ2v) is 12.6. The smallest absolute Gasteiger partial charge is 0.408 e. The topological polar surface area (TPSA) is 87.7 Å². The molecule has 42 heavy (non-hydrogen) atoms. The largest absolute Gasteiger partial charge is 0.444 e. The van der Waals surface area contributed by atoms with Gasteiger partial charge in [-0.05, 0) is 63.1 Å². The Bertz CT molecular complexity index is 1110. The normalized spacial score (nSPS) is 12.9. The molecule has 0 aromatic heterocycles. The number of ether oxygens (including phenoxy) is 1. The Morgan fingerprint density at radius 2 is 1.50 bits per heavy atom. The van der Waals surface area contributed by atoms with Gasteiger partial charge in [-0.1, -0.05) is 107 Å². The minimum Gasteiger partial charge on any atom is -0.444 e. The van der Waals surface area contributed by atoms with E-state index in [9.17, 15) is 14.4 Å². The number of benzene rings is 2. The molecular weight excluding hydrogens is 526 g/mol. The van der Waals surface area contributed by atoms with Gasteiger partial charge in [0.25, 0.3) is 0 Å². The number of unbranched alkanes of at least 4 members (excludes halogenated alkanes) is 5. The highest BCUT2D eigenvalue weighted by atomic mass is 16.6. The molecule has 2 N–H and O–H groups in total. The summed E-state index contributed by atoms with van der Waals surface area (Å²) in [6.45, 7) is 14.3. The summed E-state index contributed by atoms with van der Waals surface area (Å²) in [7, 11) is 0. The molecule has 0 radical (unpaired) electrons. The molecule has 2 rings (SSSR count). The van der Waals surface area contributed by atoms with Crippen molar-refractivity contribution in [1.82, 2.24) is 15.5 Å². The van der Waals surface area contributed by atoms with Gasteiger partial charge in [0.1, 0.15) is 17.7 Å². The molecule has 3 amide bonds. The van der Waals surface area contributed by atoms with Gasteiger partial charge in [-0.15, -0.1) is 0 Å². The van der Waals surface area contributed by atoms with Gasteiger partial charge in [0.15, 0.2) is 0 Å². The maximum Gasteiger partial charge on any atom is 0.408 e. The molecule has 2 aromatic carbocycles. The van der Waals surface area contributed by atoms with E-state index in [2.05, 4.69) is 17.6 Å². The van der Waals surface area contributed by atoms with Crippen LogP contribution in [0.1, 0.15) is 109 Å². The Kier molecular flexibility index (Phi) is 14.6. The minimum absolute atomic E-state index is 0.133. The minimum atomic E-state index is -0.840. The van der Waals surface area contributed by atoms with Crippen molar-refractivity contribution in [3.05, 3.63) is 71.3 Å². The quantitative estimate of drug-likeness (QED) is 0.202. The first kappa shape index (κ1) is 34.8. The Balaban J connectivity index is 2.46. The highest BCUT2D eigenvalue weighted by molar-refractivity contribution is 5.92. The van der Waals surface area contributed by atoms with E-state index in [1.165, 1.54) is 6.42 Å². The fraction of sp³-hybridized carbons (Fsp3) is 0.571. The third-order valence-electron chi connectivity index (χ3n) is 7.08. The number of hydrogen-bond acceptors (Lipinski definition) is 4. The fourth-order valence-electron chi connectivity index (χ4n) is 5.00. The molecule has 2 atom stereocenters. The van der Waals surface area contributed by atoms with Crippen molar-refractivity contribution in [3.63, 3.8) is 0 Å². The molecule has 0 aliphatic heterocycles. The van der Waals surface area contributed by atoms with Crippen molar-refractivity contribution in [2.45, 2.75) is 118 Å². The molecule has 0 spiro atoms. The van der Waals surface area contributed by atoms with Gasteiger partial charge in [-0.25, -0.2) is 4.79 Å². The lowest BCUT2D eigenvalue weighted by atomic mass is 9.96. The van der Waals surface area contributed by atoms with E-state index in [4.69, 9.17) is 4.74 Å². The van der Waals surface area contributed by atoms with Crippen molar-refractivity contribution in [3.8, 4) is 0 Å². The number of nitrogens with one attached hydrogen (secondary N) is 2. The van der Waals surface area contributed by atoms with Crippen molar-refractivity contribution in [1.29, 1.82) is 0 Å². The van der Waals surface area contributed by atoms with Crippen LogP contribution in [0.2, 0.25) is 0 Å². The average Bonchev–Trinajstić information content (AvgIpc) is 2.92. The van der Waals surface area contributed by atoms with E-state index < -0.39 is 23.8 Å². The standard InChI is InChI=1S/C35H53N3O4/c1-8-9-10-11-12-18-23-38(33(40)30(24-26(2)3)37-34(41)42-35(5,6)7)31(29-22-17-16-19-27(29)4)32(39)36-25-28-20-14-13-15-21-28/h13-17,19-22,26,30-31H,8-12,18,23-25H2,1-7H3,(H,36,39)(H,37,41). The molecular formula is C35H53N3O4. The summed E-state index contributed by atoms with van der Waals surface area (Å²) in [4.78, 5) is 43.0. The van der Waals surface area contributed by atoms with Crippen LogP contribution in [-0.4, -0.2) is 41.0 Å². The zero-order chi connectivity index (χ0) is 31.1. The van der Waals surface area contributed by atoms with Crippen molar-refractivity contribution >= 4 is 17.9 Å². The first-order chi connectivity index (χ1) is 19.9. The second-order valence-electron chi connectivity index (χ2n) is 12.6. The van der Waals surface area contributed by atoms with Crippen LogP contribution < -0.4 is 10.6 Å². The number of amides is 3. The highest BCUT2D eigenvalue weighted by Gasteiger charge is 2.36. The Morgan fingerprint density at radius 3 is 2.12 bits per heavy atom. The van der Waals surface area contributed by atoms with Crippen LogP contribution in [-0.2, 0) is 20.9 Å². The number of hydrogen-bond donors (Lipinski definition) is 2. The maximum absolute atomic E-state index is 14.4. The van der Waals surface area contributed by atoms with Gasteiger partial charge in [0.05, 0.1) is 0 Å². The highest BCUT2D eigenvalue weighted by Crippen LogP contribution is 2.27. The van der Waals surface area contributed by atoms with E-state index >= 15 is 0 Å². The molecule has 2 aromatic rings. The summed E-state index contributed by atoms with van der Waals surface area (Å²) in [6.07, 6.45) is 6.10. The Hall–Kier alpha value is -3.35. The van der Waals surface area contributed by atoms with Crippen LogP contribution in [0.3, 0.4) is 0 Å². The monoisotopic (exact) mass is 579 g/mol. The lowest BCUT2D eigenvalue weighted by Crippen LogP contribution is -2.53. The number of carbonyl (C=O) groups is 3. The molecule has 0 heterocycles. The van der Waals surface area contributed by atoms with Crippen molar-refractivity contribution in [2.24, 2.45) is 5.92 Å². The predicted octanol–water partition coefficient (Wildman–Crippen LogP) is 7.48. The summed E-state index contributed by atoms with van der Waals surface area (Å²) < 4.78 is 5.51. The lowest BCUT2D eigenvalue weighted by Gasteiger charge is -2.35. The first-order valence-electron chi connectivity index (χ1n) is 15.6. The molecule has 0 saturated carbocycles. The summed E-state index contributed by atoms with van der Waals surface area (Å²) >= 11 is 0. The zero-order valence-electron chi connectivity index (χ0n) is 26.9. The van der Waals surface area contributed by atoms with Gasteiger partial charge in [-0.2, -0.15) is 0 Å². The van der Waals surface area contributed by atoms with E-state index in [0.29, 0.717) is 19.5 Å². The second kappa shape index (κ2) is 17.6. The third kappa shape index (κ3) is 12.3. The van der Waals surface area contributed by atoms with Gasteiger partial charge < -0.3 is 20.3 Å². The van der Waals surface area contributed by atoms with Crippen LogP contribution in [0.4, 0.5) is 4.79 Å². The van der Waals surface area contributed by atoms with E-state index in [0.717, 1.165) is 48.8 Å². The number of nitrogens with zero attached hydrogens (tertiary/aromatic N) is 1. The molecule has 7 nitrogen and oxygen atoms in total. The number of alkyl carbamates (subject to hydrolysis) is 1. The lowest BCUT2D eigenvalue weighted by molar-refractivity contribution is -0.143. The van der Waals surface area contributed by atoms with Crippen molar-refractivity contribution in [2.75, 3.05) is 6.54 Å². The van der Waals surface area contributed by atoms with Crippen LogP contribution in [0, 0.1) is 12.8 Å². The van der Waals surface area contributed by atoms with Gasteiger partial charge in [0.2, 0.25) is 11.8 Å². The van der Waals surface area contributed by atoms with Crippen LogP contribution in [0.5, 0.6) is 0 Å². The molecule has 0 fully saturated rings. The predicted molar refractivity (Wildman–Crippen MR) is 170 cm³/mol. The summed E-state index contributed by atoms with van der Waals surface area (Å²) in [5, 5.41) is 5.92. The van der Waals surface area contributed by atoms with Gasteiger partial charge in [0, 0.05) is 13.1 Å². The fourth-order valence-corrected chi connectivity index (χ4v) is 5.00. The zero-order valence-corrected chi connectivity index (χ0v) is 26.9. The average molecular weight is 580 g/mol. The molecule has 0 bridgehead atoms. The molecule has 7 heteroatoms. The van der Waals surface area contributed by atoms with Crippen LogP contribution in [0.15, 0.2) is 54.6 Å². The van der Waals surface area contributed by atoms with Crippen molar-refractivity contribution < 1.29 is 19.1 Å². The van der Waals surface area contributed by atoms with Crippen LogP contribution >= 0.6 is 0 Å². The summed E-state index contributed by atoms with van der Waals surface area (Å²) in [5.41, 5.74) is 1.99. The van der Waals surface area contributed by atoms with Gasteiger partial charge in [-0.3, -0.25) is 9.59 Å². The Labute approximate surface area is 253 Å². The van der Waals surface area contributed by atoms with E-state index in [1.807, 2.05) is 75.4 Å². The maximum atomic E-state index is 14.4. The summed E-state index contributed by atoms with van der Waals surface area (Å²) in [6, 6.07) is 15.8. The van der Waals surface area contributed by atoms with E-state index in [-0.39, 0.29) is 17.7 Å². The first-order valence-corrected chi connectivity index (χ1v) is 15.6. The number of carbonyl (C=O) groups excluding carboxylic acids is 3. The molecule has 0 aliphatic rings. The molecule has 0 saturated heterocycles. The Morgan fingerprint density at radius 1 is 0.881 bits per heavy atom. The molecule has 0 aliphatic carbocycles. The van der Waals surface area contributed by atoms with E-state index in [1.54, 1.807) is 25.7 Å². The molecule has 232 valence electrons. The van der Waals surface area contributed by atoms with Crippen LogP contribution in [0.25, 0.3) is 0 Å². The molecule has 2 unspecified atom stereocenters. The van der Waals surface area contributed by atoms with Gasteiger partial charge >= 0.3 is 6.09 Å². The SMILES string of the molecule is CCCCCCCCN(C(=O)C(CC(C)C)NC(=O)OC(C)(C)C)C(C(=O)NCc1ccccc1)c1ccccc1C.